The van der Waals surface area contributed by atoms with Crippen LogP contribution in [0.5, 0.6) is 0 Å². The Morgan fingerprint density at radius 1 is 1.00 bits per heavy atom. The SMILES string of the molecule is O=C(Nc1ccccc1CN1CCc2ccccc21)C1CCN(c2ccc(Cl)cn2)CC1. The van der Waals surface area contributed by atoms with Gasteiger partial charge in [-0.3, -0.25) is 4.79 Å². The summed E-state index contributed by atoms with van der Waals surface area (Å²) < 4.78 is 0. The maximum Gasteiger partial charge on any atom is 0.227 e. The lowest BCUT2D eigenvalue weighted by molar-refractivity contribution is -0.120. The van der Waals surface area contributed by atoms with Crippen molar-refractivity contribution in [3.63, 3.8) is 0 Å². The third-order valence-corrected chi connectivity index (χ3v) is 6.74. The average Bonchev–Trinajstić information content (AvgIpc) is 3.24. The topological polar surface area (TPSA) is 48.5 Å². The minimum atomic E-state index is 0.0131. The number of aromatic nitrogens is 1. The van der Waals surface area contributed by atoms with Crippen LogP contribution in [0.2, 0.25) is 5.02 Å². The lowest BCUT2D eigenvalue weighted by Crippen LogP contribution is -2.38. The lowest BCUT2D eigenvalue weighted by atomic mass is 9.95. The summed E-state index contributed by atoms with van der Waals surface area (Å²) in [5, 5.41) is 3.86. The summed E-state index contributed by atoms with van der Waals surface area (Å²) in [5.41, 5.74) is 4.77. The number of nitrogens with zero attached hydrogens (tertiary/aromatic N) is 3. The molecule has 0 unspecified atom stereocenters. The number of carbonyl (C=O) groups is 1. The van der Waals surface area contributed by atoms with Crippen LogP contribution in [0.4, 0.5) is 17.2 Å². The molecule has 0 aliphatic carbocycles. The van der Waals surface area contributed by atoms with Gasteiger partial charge in [-0.1, -0.05) is 48.0 Å². The van der Waals surface area contributed by atoms with E-state index < -0.39 is 0 Å². The fourth-order valence-electron chi connectivity index (χ4n) is 4.72. The molecule has 1 saturated heterocycles. The molecule has 2 aliphatic rings. The van der Waals surface area contributed by atoms with E-state index in [9.17, 15) is 4.79 Å². The summed E-state index contributed by atoms with van der Waals surface area (Å²) in [6.45, 7) is 3.45. The number of hydrogen-bond acceptors (Lipinski definition) is 4. The minimum Gasteiger partial charge on any atom is -0.367 e. The van der Waals surface area contributed by atoms with Crippen LogP contribution in [0, 0.1) is 5.92 Å². The number of piperidine rings is 1. The van der Waals surface area contributed by atoms with Crippen molar-refractivity contribution >= 4 is 34.7 Å². The number of halogens is 1. The summed E-state index contributed by atoms with van der Waals surface area (Å²) in [4.78, 5) is 22.1. The largest absolute Gasteiger partial charge is 0.367 e. The highest BCUT2D eigenvalue weighted by atomic mass is 35.5. The molecular weight excluding hydrogens is 420 g/mol. The highest BCUT2D eigenvalue weighted by molar-refractivity contribution is 6.30. The van der Waals surface area contributed by atoms with Gasteiger partial charge >= 0.3 is 0 Å². The Labute approximate surface area is 194 Å². The second-order valence-corrected chi connectivity index (χ2v) is 8.98. The molecule has 0 saturated carbocycles. The average molecular weight is 447 g/mol. The van der Waals surface area contributed by atoms with Crippen LogP contribution in [0.1, 0.15) is 24.0 Å². The van der Waals surface area contributed by atoms with Crippen molar-refractivity contribution in [3.8, 4) is 0 Å². The van der Waals surface area contributed by atoms with Crippen LogP contribution in [-0.4, -0.2) is 30.5 Å². The number of fused-ring (bicyclic) bond motifs is 1. The number of hydrogen-bond donors (Lipinski definition) is 1. The Kier molecular flexibility index (Phi) is 5.99. The quantitative estimate of drug-likeness (QED) is 0.588. The van der Waals surface area contributed by atoms with Crippen molar-refractivity contribution in [1.82, 2.24) is 4.98 Å². The Morgan fingerprint density at radius 2 is 1.78 bits per heavy atom. The number of pyridine rings is 1. The zero-order valence-electron chi connectivity index (χ0n) is 18.0. The maximum atomic E-state index is 13.1. The van der Waals surface area contributed by atoms with Gasteiger partial charge in [-0.05, 0) is 54.7 Å². The number of amides is 1. The molecule has 3 aromatic rings. The smallest absolute Gasteiger partial charge is 0.227 e. The number of anilines is 3. The van der Waals surface area contributed by atoms with E-state index in [1.165, 1.54) is 11.3 Å². The summed E-state index contributed by atoms with van der Waals surface area (Å²) in [7, 11) is 0. The number of rotatable bonds is 5. The zero-order valence-corrected chi connectivity index (χ0v) is 18.8. The van der Waals surface area contributed by atoms with Crippen LogP contribution < -0.4 is 15.1 Å². The second kappa shape index (κ2) is 9.21. The first-order valence-electron chi connectivity index (χ1n) is 11.3. The van der Waals surface area contributed by atoms with Crippen LogP contribution in [-0.2, 0) is 17.8 Å². The minimum absolute atomic E-state index is 0.0131. The molecule has 2 aliphatic heterocycles. The van der Waals surface area contributed by atoms with Gasteiger partial charge in [-0.15, -0.1) is 0 Å². The molecule has 2 aromatic carbocycles. The molecule has 32 heavy (non-hydrogen) atoms. The van der Waals surface area contributed by atoms with Gasteiger partial charge in [0.2, 0.25) is 5.91 Å². The number of nitrogens with one attached hydrogen (secondary N) is 1. The molecule has 0 atom stereocenters. The molecule has 6 heteroatoms. The molecule has 0 bridgehead atoms. The molecule has 1 fully saturated rings. The van der Waals surface area contributed by atoms with E-state index in [2.05, 4.69) is 50.4 Å². The third-order valence-electron chi connectivity index (χ3n) is 6.52. The van der Waals surface area contributed by atoms with Crippen molar-refractivity contribution in [2.75, 3.05) is 34.8 Å². The summed E-state index contributed by atoms with van der Waals surface area (Å²) in [6.07, 6.45) is 4.38. The predicted octanol–water partition coefficient (Wildman–Crippen LogP) is 5.15. The molecule has 1 aromatic heterocycles. The standard InChI is InChI=1S/C26H27ClN4O/c27-22-9-10-25(28-17-22)30-14-12-20(13-15-30)26(32)29-23-7-3-1-6-21(23)18-31-16-11-19-5-2-4-8-24(19)31/h1-10,17,20H,11-16,18H2,(H,29,32). The maximum absolute atomic E-state index is 13.1. The van der Waals surface area contributed by atoms with Crippen LogP contribution >= 0.6 is 11.6 Å². The summed E-state index contributed by atoms with van der Waals surface area (Å²) in [6, 6.07) is 20.6. The van der Waals surface area contributed by atoms with Gasteiger partial charge in [0, 0.05) is 49.7 Å². The van der Waals surface area contributed by atoms with E-state index in [-0.39, 0.29) is 11.8 Å². The van der Waals surface area contributed by atoms with E-state index in [4.69, 9.17) is 11.6 Å². The lowest BCUT2D eigenvalue weighted by Gasteiger charge is -2.32. The molecule has 0 radical (unpaired) electrons. The van der Waals surface area contributed by atoms with Gasteiger partial charge in [0.1, 0.15) is 5.82 Å². The van der Waals surface area contributed by atoms with Crippen LogP contribution in [0.3, 0.4) is 0 Å². The molecule has 0 spiro atoms. The highest BCUT2D eigenvalue weighted by Crippen LogP contribution is 2.31. The van der Waals surface area contributed by atoms with Crippen molar-refractivity contribution in [1.29, 1.82) is 0 Å². The first kappa shape index (κ1) is 20.8. The van der Waals surface area contributed by atoms with Gasteiger partial charge in [0.25, 0.3) is 0 Å². The van der Waals surface area contributed by atoms with Crippen molar-refractivity contribution in [3.05, 3.63) is 83.0 Å². The molecule has 5 rings (SSSR count). The number of para-hydroxylation sites is 2. The fourth-order valence-corrected chi connectivity index (χ4v) is 4.83. The highest BCUT2D eigenvalue weighted by Gasteiger charge is 2.26. The predicted molar refractivity (Wildman–Crippen MR) is 130 cm³/mol. The van der Waals surface area contributed by atoms with Gasteiger partial charge in [0.05, 0.1) is 5.02 Å². The monoisotopic (exact) mass is 446 g/mol. The van der Waals surface area contributed by atoms with E-state index in [1.54, 1.807) is 6.20 Å². The molecular formula is C26H27ClN4O. The molecule has 3 heterocycles. The zero-order chi connectivity index (χ0) is 21.9. The van der Waals surface area contributed by atoms with Crippen LogP contribution in [0.15, 0.2) is 66.9 Å². The number of carbonyl (C=O) groups excluding carboxylic acids is 1. The Morgan fingerprint density at radius 3 is 2.59 bits per heavy atom. The fraction of sp³-hybridized carbons (Fsp3) is 0.308. The van der Waals surface area contributed by atoms with Crippen molar-refractivity contribution < 1.29 is 4.79 Å². The second-order valence-electron chi connectivity index (χ2n) is 8.54. The van der Waals surface area contributed by atoms with Gasteiger partial charge in [-0.2, -0.15) is 0 Å². The third kappa shape index (κ3) is 4.44. The van der Waals surface area contributed by atoms with Crippen molar-refractivity contribution in [2.24, 2.45) is 5.92 Å². The molecule has 164 valence electrons. The molecule has 1 amide bonds. The summed E-state index contributed by atoms with van der Waals surface area (Å²) >= 11 is 5.95. The van der Waals surface area contributed by atoms with E-state index >= 15 is 0 Å². The Bertz CT molecular complexity index is 1090. The van der Waals surface area contributed by atoms with Gasteiger partial charge in [0.15, 0.2) is 0 Å². The molecule has 5 nitrogen and oxygen atoms in total. The van der Waals surface area contributed by atoms with Crippen molar-refractivity contribution in [2.45, 2.75) is 25.8 Å². The summed E-state index contributed by atoms with van der Waals surface area (Å²) in [5.74, 6) is 1.05. The normalized spacial score (nSPS) is 16.2. The first-order chi connectivity index (χ1) is 15.7. The Hall–Kier alpha value is -3.05. The number of benzene rings is 2. The van der Waals surface area contributed by atoms with Crippen LogP contribution in [0.25, 0.3) is 0 Å². The van der Waals surface area contributed by atoms with Gasteiger partial charge in [-0.25, -0.2) is 4.98 Å². The van der Waals surface area contributed by atoms with E-state index in [1.807, 2.05) is 30.3 Å². The van der Waals surface area contributed by atoms with Gasteiger partial charge < -0.3 is 15.1 Å². The van der Waals surface area contributed by atoms with E-state index in [0.29, 0.717) is 5.02 Å². The Balaban J connectivity index is 1.22. The first-order valence-corrected chi connectivity index (χ1v) is 11.6. The molecule has 1 N–H and O–H groups in total. The van der Waals surface area contributed by atoms with E-state index in [0.717, 1.165) is 62.5 Å².